The van der Waals surface area contributed by atoms with Gasteiger partial charge in [-0.15, -0.1) is 0 Å². The fraction of sp³-hybridized carbons (Fsp3) is 0.263. The molecule has 0 aliphatic carbocycles. The standard InChI is InChI=1S/C19H20N4O4/c1-14(24)21-8-10-22(11-9-21)17-4-2-16(3-5-17)20-13-15-12-18(23(26)27)6-7-19(15)25/h2-7,12-13,25H,8-11H2,1H3. The molecule has 0 spiro atoms. The van der Waals surface area contributed by atoms with Gasteiger partial charge in [-0.05, 0) is 30.3 Å². The van der Waals surface area contributed by atoms with Gasteiger partial charge in [0.05, 0.1) is 10.6 Å². The van der Waals surface area contributed by atoms with Crippen LogP contribution in [0.5, 0.6) is 5.75 Å². The summed E-state index contributed by atoms with van der Waals surface area (Å²) in [7, 11) is 0. The van der Waals surface area contributed by atoms with E-state index in [1.54, 1.807) is 6.92 Å². The summed E-state index contributed by atoms with van der Waals surface area (Å²) in [6.07, 6.45) is 1.41. The zero-order valence-corrected chi connectivity index (χ0v) is 14.9. The SMILES string of the molecule is CC(=O)N1CCN(c2ccc(N=Cc3cc([N+](=O)[O-])ccc3O)cc2)CC1. The minimum atomic E-state index is -0.516. The highest BCUT2D eigenvalue weighted by Crippen LogP contribution is 2.24. The number of anilines is 1. The van der Waals surface area contributed by atoms with E-state index in [1.165, 1.54) is 24.4 Å². The molecule has 0 radical (unpaired) electrons. The van der Waals surface area contributed by atoms with Crippen LogP contribution < -0.4 is 4.90 Å². The van der Waals surface area contributed by atoms with Gasteiger partial charge in [0.25, 0.3) is 5.69 Å². The minimum absolute atomic E-state index is 0.0655. The molecule has 1 heterocycles. The predicted octanol–water partition coefficient (Wildman–Crippen LogP) is 2.72. The summed E-state index contributed by atoms with van der Waals surface area (Å²) >= 11 is 0. The Bertz CT molecular complexity index is 872. The van der Waals surface area contributed by atoms with E-state index >= 15 is 0 Å². The zero-order chi connectivity index (χ0) is 19.4. The summed E-state index contributed by atoms with van der Waals surface area (Å²) in [5, 5.41) is 20.7. The van der Waals surface area contributed by atoms with Crippen molar-refractivity contribution in [2.75, 3.05) is 31.1 Å². The van der Waals surface area contributed by atoms with Crippen molar-refractivity contribution in [3.8, 4) is 5.75 Å². The van der Waals surface area contributed by atoms with E-state index in [4.69, 9.17) is 0 Å². The van der Waals surface area contributed by atoms with Crippen molar-refractivity contribution in [2.45, 2.75) is 6.92 Å². The van der Waals surface area contributed by atoms with Crippen LogP contribution in [0, 0.1) is 10.1 Å². The first kappa shape index (κ1) is 18.4. The van der Waals surface area contributed by atoms with Crippen LogP contribution in [0.3, 0.4) is 0 Å². The lowest BCUT2D eigenvalue weighted by atomic mass is 10.2. The molecule has 8 nitrogen and oxygen atoms in total. The molecular formula is C19H20N4O4. The van der Waals surface area contributed by atoms with Crippen LogP contribution in [0.4, 0.5) is 17.1 Å². The van der Waals surface area contributed by atoms with E-state index in [9.17, 15) is 20.0 Å². The Morgan fingerprint density at radius 1 is 1.15 bits per heavy atom. The molecule has 0 unspecified atom stereocenters. The van der Waals surface area contributed by atoms with Gasteiger partial charge in [0, 0.05) is 62.7 Å². The molecule has 1 saturated heterocycles. The first-order valence-corrected chi connectivity index (χ1v) is 8.56. The van der Waals surface area contributed by atoms with Crippen molar-refractivity contribution in [3.05, 3.63) is 58.1 Å². The summed E-state index contributed by atoms with van der Waals surface area (Å²) in [4.78, 5) is 30.0. The van der Waals surface area contributed by atoms with E-state index in [2.05, 4.69) is 9.89 Å². The van der Waals surface area contributed by atoms with Crippen LogP contribution in [-0.2, 0) is 4.79 Å². The molecule has 0 atom stereocenters. The normalized spacial score (nSPS) is 14.6. The third kappa shape index (κ3) is 4.41. The van der Waals surface area contributed by atoms with Crippen LogP contribution in [0.2, 0.25) is 0 Å². The molecule has 1 fully saturated rings. The quantitative estimate of drug-likeness (QED) is 0.508. The van der Waals surface area contributed by atoms with Crippen molar-refractivity contribution >= 4 is 29.2 Å². The van der Waals surface area contributed by atoms with Gasteiger partial charge in [0.2, 0.25) is 5.91 Å². The number of rotatable bonds is 4. The summed E-state index contributed by atoms with van der Waals surface area (Å²) in [6.45, 7) is 4.57. The predicted molar refractivity (Wildman–Crippen MR) is 103 cm³/mol. The van der Waals surface area contributed by atoms with Crippen LogP contribution in [0.1, 0.15) is 12.5 Å². The molecule has 140 valence electrons. The molecule has 3 rings (SSSR count). The Morgan fingerprint density at radius 2 is 1.81 bits per heavy atom. The van der Waals surface area contributed by atoms with E-state index in [0.29, 0.717) is 18.8 Å². The molecular weight excluding hydrogens is 348 g/mol. The van der Waals surface area contributed by atoms with E-state index in [0.717, 1.165) is 18.8 Å². The number of carbonyl (C=O) groups is 1. The lowest BCUT2D eigenvalue weighted by Crippen LogP contribution is -2.48. The summed E-state index contributed by atoms with van der Waals surface area (Å²) in [6, 6.07) is 11.4. The maximum atomic E-state index is 11.4. The van der Waals surface area contributed by atoms with Crippen molar-refractivity contribution in [1.82, 2.24) is 4.90 Å². The van der Waals surface area contributed by atoms with Gasteiger partial charge in [0.1, 0.15) is 5.75 Å². The number of aromatic hydroxyl groups is 1. The van der Waals surface area contributed by atoms with E-state index in [-0.39, 0.29) is 22.9 Å². The van der Waals surface area contributed by atoms with Crippen molar-refractivity contribution < 1.29 is 14.8 Å². The number of benzene rings is 2. The molecule has 27 heavy (non-hydrogen) atoms. The summed E-state index contributed by atoms with van der Waals surface area (Å²) < 4.78 is 0. The first-order chi connectivity index (χ1) is 12.9. The van der Waals surface area contributed by atoms with Crippen LogP contribution in [0.25, 0.3) is 0 Å². The fourth-order valence-corrected chi connectivity index (χ4v) is 2.93. The number of nitro benzene ring substituents is 1. The average Bonchev–Trinajstić information content (AvgIpc) is 2.67. The highest BCUT2D eigenvalue weighted by atomic mass is 16.6. The number of amides is 1. The van der Waals surface area contributed by atoms with Crippen molar-refractivity contribution in [1.29, 1.82) is 0 Å². The van der Waals surface area contributed by atoms with E-state index in [1.807, 2.05) is 29.2 Å². The maximum Gasteiger partial charge on any atom is 0.270 e. The van der Waals surface area contributed by atoms with Gasteiger partial charge in [-0.3, -0.25) is 19.9 Å². The number of phenols is 1. The number of nitrogens with zero attached hydrogens (tertiary/aromatic N) is 4. The first-order valence-electron chi connectivity index (χ1n) is 8.56. The minimum Gasteiger partial charge on any atom is -0.507 e. The number of hydrogen-bond acceptors (Lipinski definition) is 6. The lowest BCUT2D eigenvalue weighted by molar-refractivity contribution is -0.384. The topological polar surface area (TPSA) is 99.3 Å². The van der Waals surface area contributed by atoms with Gasteiger partial charge in [-0.25, -0.2) is 0 Å². The van der Waals surface area contributed by atoms with Gasteiger partial charge < -0.3 is 14.9 Å². The van der Waals surface area contributed by atoms with Crippen LogP contribution >= 0.6 is 0 Å². The smallest absolute Gasteiger partial charge is 0.270 e. The van der Waals surface area contributed by atoms with E-state index < -0.39 is 4.92 Å². The number of carbonyl (C=O) groups excluding carboxylic acids is 1. The number of phenolic OH excluding ortho intramolecular Hbond substituents is 1. The second-order valence-electron chi connectivity index (χ2n) is 6.27. The van der Waals surface area contributed by atoms with Gasteiger partial charge in [-0.2, -0.15) is 0 Å². The van der Waals surface area contributed by atoms with Crippen molar-refractivity contribution in [2.24, 2.45) is 4.99 Å². The highest BCUT2D eigenvalue weighted by Gasteiger charge is 2.18. The third-order valence-corrected chi connectivity index (χ3v) is 4.51. The van der Waals surface area contributed by atoms with Crippen LogP contribution in [0.15, 0.2) is 47.5 Å². The number of non-ortho nitro benzene ring substituents is 1. The number of piperazine rings is 1. The molecule has 2 aromatic rings. The number of hydrogen-bond donors (Lipinski definition) is 1. The third-order valence-electron chi connectivity index (χ3n) is 4.51. The molecule has 0 bridgehead atoms. The van der Waals surface area contributed by atoms with Gasteiger partial charge >= 0.3 is 0 Å². The Hall–Kier alpha value is -3.42. The summed E-state index contributed by atoms with van der Waals surface area (Å²) in [5.74, 6) is 0.0352. The average molecular weight is 368 g/mol. The molecule has 2 aromatic carbocycles. The largest absolute Gasteiger partial charge is 0.507 e. The second-order valence-corrected chi connectivity index (χ2v) is 6.27. The fourth-order valence-electron chi connectivity index (χ4n) is 2.93. The summed E-state index contributed by atoms with van der Waals surface area (Å²) in [5.41, 5.74) is 1.91. The Balaban J connectivity index is 1.68. The molecule has 1 amide bonds. The monoisotopic (exact) mass is 368 g/mol. The number of nitro groups is 1. The Labute approximate surface area is 156 Å². The zero-order valence-electron chi connectivity index (χ0n) is 14.9. The molecule has 0 aromatic heterocycles. The lowest BCUT2D eigenvalue weighted by Gasteiger charge is -2.35. The molecule has 1 N–H and O–H groups in total. The van der Waals surface area contributed by atoms with Gasteiger partial charge in [-0.1, -0.05) is 0 Å². The number of aliphatic imine (C=N–C) groups is 1. The van der Waals surface area contributed by atoms with Gasteiger partial charge in [0.15, 0.2) is 0 Å². The highest BCUT2D eigenvalue weighted by molar-refractivity contribution is 5.86. The maximum absolute atomic E-state index is 11.4. The molecule has 8 heteroatoms. The second kappa shape index (κ2) is 7.86. The van der Waals surface area contributed by atoms with Crippen molar-refractivity contribution in [3.63, 3.8) is 0 Å². The Kier molecular flexibility index (Phi) is 5.35. The molecule has 1 aliphatic heterocycles. The molecule has 1 aliphatic rings. The molecule has 0 saturated carbocycles. The van der Waals surface area contributed by atoms with Crippen LogP contribution in [-0.4, -0.2) is 53.2 Å². The Morgan fingerprint density at radius 3 is 2.41 bits per heavy atom.